The zero-order valence-electron chi connectivity index (χ0n) is 16.1. The number of aromatic nitrogens is 3. The summed E-state index contributed by atoms with van der Waals surface area (Å²) >= 11 is 7.94. The molecule has 0 radical (unpaired) electrons. The van der Waals surface area contributed by atoms with E-state index in [-0.39, 0.29) is 11.4 Å². The second-order valence-corrected chi connectivity index (χ2v) is 11.8. The molecule has 2 unspecified atom stereocenters. The van der Waals surface area contributed by atoms with E-state index in [4.69, 9.17) is 16.3 Å². The average molecular weight is 445 g/mol. The lowest BCUT2D eigenvalue weighted by molar-refractivity contribution is -0.110. The predicted octanol–water partition coefficient (Wildman–Crippen LogP) is 2.49. The molecule has 1 saturated heterocycles. The van der Waals surface area contributed by atoms with Crippen molar-refractivity contribution in [2.45, 2.75) is 50.9 Å². The fraction of sp³-hybridized carbons (Fsp3) is 0.667. The first-order valence-corrected chi connectivity index (χ1v) is 12.7. The third kappa shape index (κ3) is 4.28. The van der Waals surface area contributed by atoms with Crippen molar-refractivity contribution in [2.24, 2.45) is 0 Å². The number of nitrogens with zero attached hydrogens (tertiary/aromatic N) is 4. The van der Waals surface area contributed by atoms with Crippen molar-refractivity contribution < 1.29 is 13.2 Å². The van der Waals surface area contributed by atoms with E-state index < -0.39 is 9.84 Å². The van der Waals surface area contributed by atoms with Gasteiger partial charge in [0.25, 0.3) is 0 Å². The summed E-state index contributed by atoms with van der Waals surface area (Å²) in [6, 6.07) is 2.43. The second kappa shape index (κ2) is 7.68. The van der Waals surface area contributed by atoms with Gasteiger partial charge in [-0.15, -0.1) is 16.4 Å². The van der Waals surface area contributed by atoms with E-state index >= 15 is 0 Å². The molecular weight excluding hydrogens is 420 g/mol. The predicted molar refractivity (Wildman–Crippen MR) is 110 cm³/mol. The van der Waals surface area contributed by atoms with Crippen LogP contribution in [0.15, 0.2) is 12.3 Å². The molecule has 7 nitrogen and oxygen atoms in total. The number of sulfone groups is 1. The van der Waals surface area contributed by atoms with Crippen LogP contribution in [0.2, 0.25) is 4.34 Å². The number of halogens is 1. The van der Waals surface area contributed by atoms with Crippen LogP contribution in [-0.2, 0) is 39.7 Å². The van der Waals surface area contributed by atoms with Crippen LogP contribution >= 0.6 is 22.9 Å². The number of rotatable bonds is 5. The highest BCUT2D eigenvalue weighted by atomic mass is 35.5. The number of likely N-dealkylation sites (tertiary alicyclic amines) is 1. The van der Waals surface area contributed by atoms with Gasteiger partial charge < -0.3 is 4.74 Å². The van der Waals surface area contributed by atoms with Gasteiger partial charge in [-0.1, -0.05) is 16.8 Å². The minimum Gasteiger partial charge on any atom is -0.369 e. The van der Waals surface area contributed by atoms with Crippen molar-refractivity contribution in [1.29, 1.82) is 0 Å². The SMILES string of the molecule is CC1CC2(CCN1Cc1cn(CCS(C)(=O)=O)nn1)OCCc1cc(Cl)sc12. The molecule has 10 heteroatoms. The number of piperidine rings is 1. The number of ether oxygens (including phenoxy) is 1. The van der Waals surface area contributed by atoms with Gasteiger partial charge in [-0.2, -0.15) is 0 Å². The van der Waals surface area contributed by atoms with Crippen molar-refractivity contribution >= 4 is 32.8 Å². The van der Waals surface area contributed by atoms with E-state index in [1.165, 1.54) is 16.7 Å². The van der Waals surface area contributed by atoms with Crippen LogP contribution in [0.3, 0.4) is 0 Å². The van der Waals surface area contributed by atoms with Crippen molar-refractivity contribution in [1.82, 2.24) is 19.9 Å². The van der Waals surface area contributed by atoms with Gasteiger partial charge in [0.05, 0.1) is 28.9 Å². The molecule has 0 aliphatic carbocycles. The number of hydrogen-bond donors (Lipinski definition) is 0. The lowest BCUT2D eigenvalue weighted by Crippen LogP contribution is -2.50. The Balaban J connectivity index is 1.41. The fourth-order valence-corrected chi connectivity index (χ4v) is 6.20. The van der Waals surface area contributed by atoms with Crippen molar-refractivity contribution in [3.8, 4) is 0 Å². The Kier molecular flexibility index (Phi) is 5.56. The summed E-state index contributed by atoms with van der Waals surface area (Å²) in [4.78, 5) is 3.70. The van der Waals surface area contributed by atoms with E-state index in [1.807, 2.05) is 6.20 Å². The Morgan fingerprint density at radius 2 is 2.29 bits per heavy atom. The molecule has 0 bridgehead atoms. The molecular formula is C18H25ClN4O3S2. The summed E-state index contributed by atoms with van der Waals surface area (Å²) in [5.41, 5.74) is 1.99. The third-order valence-corrected chi connectivity index (χ3v) is 8.05. The Morgan fingerprint density at radius 3 is 3.04 bits per heavy atom. The zero-order valence-corrected chi connectivity index (χ0v) is 18.5. The second-order valence-electron chi connectivity index (χ2n) is 7.87. The summed E-state index contributed by atoms with van der Waals surface area (Å²) in [6.45, 7) is 4.92. The minimum absolute atomic E-state index is 0.0709. The molecule has 2 aliphatic rings. The fourth-order valence-electron chi connectivity index (χ4n) is 4.20. The number of hydrogen-bond acceptors (Lipinski definition) is 7. The van der Waals surface area contributed by atoms with Crippen LogP contribution in [0.1, 0.15) is 35.9 Å². The monoisotopic (exact) mass is 444 g/mol. The molecule has 0 aromatic carbocycles. The Morgan fingerprint density at radius 1 is 1.46 bits per heavy atom. The number of thiophene rings is 1. The Hall–Kier alpha value is -1.000. The summed E-state index contributed by atoms with van der Waals surface area (Å²) in [7, 11) is -3.01. The van der Waals surface area contributed by atoms with Crippen LogP contribution in [0.25, 0.3) is 0 Å². The van der Waals surface area contributed by atoms with Crippen LogP contribution in [0.4, 0.5) is 0 Å². The van der Waals surface area contributed by atoms with Gasteiger partial charge in [0.2, 0.25) is 0 Å². The molecule has 1 spiro atoms. The molecule has 0 N–H and O–H groups in total. The first-order valence-electron chi connectivity index (χ1n) is 9.47. The third-order valence-electron chi connectivity index (χ3n) is 5.64. The average Bonchev–Trinajstić information content (AvgIpc) is 3.22. The summed E-state index contributed by atoms with van der Waals surface area (Å²) in [5, 5.41) is 8.28. The smallest absolute Gasteiger partial charge is 0.149 e. The standard InChI is InChI=1S/C18H25ClN4O3S2/c1-13-10-18(17-14(3-7-26-18)9-16(19)27-17)4-5-22(13)11-15-12-23(21-20-15)6-8-28(2,24)25/h9,12-13H,3-8,10-11H2,1-2H3. The van der Waals surface area contributed by atoms with Gasteiger partial charge in [0.15, 0.2) is 0 Å². The van der Waals surface area contributed by atoms with Crippen molar-refractivity contribution in [2.75, 3.05) is 25.2 Å². The lowest BCUT2D eigenvalue weighted by Gasteiger charge is -2.46. The topological polar surface area (TPSA) is 77.3 Å². The first-order chi connectivity index (χ1) is 13.2. The van der Waals surface area contributed by atoms with Crippen LogP contribution < -0.4 is 0 Å². The molecule has 2 atom stereocenters. The minimum atomic E-state index is -3.01. The summed E-state index contributed by atoms with van der Waals surface area (Å²) in [5.74, 6) is 0.0709. The molecule has 154 valence electrons. The lowest BCUT2D eigenvalue weighted by atomic mass is 9.82. The highest BCUT2D eigenvalue weighted by Crippen LogP contribution is 2.47. The van der Waals surface area contributed by atoms with E-state index in [2.05, 4.69) is 28.2 Å². The maximum absolute atomic E-state index is 11.3. The number of aryl methyl sites for hydroxylation is 1. The zero-order chi connectivity index (χ0) is 19.9. The maximum atomic E-state index is 11.3. The molecule has 0 saturated carbocycles. The van der Waals surface area contributed by atoms with Crippen molar-refractivity contribution in [3.63, 3.8) is 0 Å². The molecule has 2 aromatic rings. The van der Waals surface area contributed by atoms with Crippen LogP contribution in [-0.4, -0.2) is 59.5 Å². The normalized spacial score (nSPS) is 25.9. The molecule has 0 amide bonds. The van der Waals surface area contributed by atoms with Gasteiger partial charge in [-0.3, -0.25) is 9.58 Å². The summed E-state index contributed by atoms with van der Waals surface area (Å²) in [6.07, 6.45) is 5.88. The quantitative estimate of drug-likeness (QED) is 0.705. The molecule has 1 fully saturated rings. The van der Waals surface area contributed by atoms with Gasteiger partial charge in [0, 0.05) is 36.5 Å². The van der Waals surface area contributed by atoms with Gasteiger partial charge >= 0.3 is 0 Å². The van der Waals surface area contributed by atoms with Gasteiger partial charge in [-0.25, -0.2) is 8.42 Å². The Labute approximate surface area is 174 Å². The highest BCUT2D eigenvalue weighted by molar-refractivity contribution is 7.90. The van der Waals surface area contributed by atoms with E-state index in [0.717, 1.165) is 42.4 Å². The van der Waals surface area contributed by atoms with Gasteiger partial charge in [-0.05, 0) is 37.8 Å². The first kappa shape index (κ1) is 20.3. The highest BCUT2D eigenvalue weighted by Gasteiger charge is 2.44. The van der Waals surface area contributed by atoms with Crippen LogP contribution in [0, 0.1) is 0 Å². The van der Waals surface area contributed by atoms with E-state index in [0.29, 0.717) is 19.1 Å². The molecule has 28 heavy (non-hydrogen) atoms. The molecule has 4 heterocycles. The van der Waals surface area contributed by atoms with Crippen LogP contribution in [0.5, 0.6) is 0 Å². The Bertz CT molecular complexity index is 958. The molecule has 4 rings (SSSR count). The van der Waals surface area contributed by atoms with E-state index in [9.17, 15) is 8.42 Å². The molecule has 2 aromatic heterocycles. The largest absolute Gasteiger partial charge is 0.369 e. The maximum Gasteiger partial charge on any atom is 0.149 e. The summed E-state index contributed by atoms with van der Waals surface area (Å²) < 4.78 is 31.4. The number of fused-ring (bicyclic) bond motifs is 2. The molecule has 2 aliphatic heterocycles. The van der Waals surface area contributed by atoms with E-state index in [1.54, 1.807) is 16.0 Å². The van der Waals surface area contributed by atoms with Gasteiger partial charge in [0.1, 0.15) is 15.4 Å². The van der Waals surface area contributed by atoms with Crippen molar-refractivity contribution in [3.05, 3.63) is 32.7 Å².